The van der Waals surface area contributed by atoms with Crippen LogP contribution in [0.3, 0.4) is 0 Å². The summed E-state index contributed by atoms with van der Waals surface area (Å²) in [5.41, 5.74) is 2.16. The molecule has 11 heteroatoms. The molecule has 168 valence electrons. The number of rotatable bonds is 5. The lowest BCUT2D eigenvalue weighted by Gasteiger charge is -2.35. The van der Waals surface area contributed by atoms with Crippen LogP contribution < -0.4 is 10.1 Å². The van der Waals surface area contributed by atoms with Gasteiger partial charge in [0.2, 0.25) is 11.7 Å². The zero-order valence-corrected chi connectivity index (χ0v) is 17.9. The molecular weight excluding hydrogens is 428 g/mol. The van der Waals surface area contributed by atoms with Gasteiger partial charge in [-0.2, -0.15) is 4.98 Å². The Balaban J connectivity index is 1.36. The second kappa shape index (κ2) is 8.26. The molecule has 3 aromatic heterocycles. The molecule has 1 aliphatic heterocycles. The van der Waals surface area contributed by atoms with Crippen LogP contribution in [-0.2, 0) is 4.74 Å². The van der Waals surface area contributed by atoms with Crippen molar-refractivity contribution in [1.82, 2.24) is 24.4 Å². The third-order valence-corrected chi connectivity index (χ3v) is 5.46. The Morgan fingerprint density at radius 2 is 2.03 bits per heavy atom. The first-order chi connectivity index (χ1) is 16.1. The molecular formula is C22H20N6O5. The predicted molar refractivity (Wildman–Crippen MR) is 116 cm³/mol. The number of benzene rings is 1. The molecule has 2 amide bonds. The summed E-state index contributed by atoms with van der Waals surface area (Å²) in [5.74, 6) is 0.914. The molecule has 4 aromatic rings. The van der Waals surface area contributed by atoms with Crippen molar-refractivity contribution in [1.29, 1.82) is 0 Å². The maximum Gasteiger partial charge on any atom is 0.409 e. The fourth-order valence-electron chi connectivity index (χ4n) is 3.66. The fraction of sp³-hybridized carbons (Fsp3) is 0.227. The zero-order valence-electron chi connectivity index (χ0n) is 17.9. The van der Waals surface area contributed by atoms with E-state index in [9.17, 15) is 9.59 Å². The first kappa shape index (κ1) is 20.5. The molecule has 1 aromatic carbocycles. The van der Waals surface area contributed by atoms with Crippen molar-refractivity contribution < 1.29 is 23.6 Å². The van der Waals surface area contributed by atoms with Crippen molar-refractivity contribution in [3.63, 3.8) is 0 Å². The number of hydrogen-bond acceptors (Lipinski definition) is 8. The normalized spacial score (nSPS) is 13.6. The lowest BCUT2D eigenvalue weighted by Crippen LogP contribution is -2.48. The summed E-state index contributed by atoms with van der Waals surface area (Å²) in [4.78, 5) is 34.7. The maximum atomic E-state index is 12.9. The molecule has 0 atom stereocenters. The number of ether oxygens (including phenoxy) is 2. The third-order valence-electron chi connectivity index (χ3n) is 5.46. The van der Waals surface area contributed by atoms with Crippen LogP contribution in [0.2, 0.25) is 0 Å². The van der Waals surface area contributed by atoms with E-state index in [4.69, 9.17) is 14.0 Å². The highest BCUT2D eigenvalue weighted by Crippen LogP contribution is 2.32. The average Bonchev–Trinajstić information content (AvgIpc) is 3.45. The predicted octanol–water partition coefficient (Wildman–Crippen LogP) is 2.81. The van der Waals surface area contributed by atoms with Crippen LogP contribution >= 0.6 is 0 Å². The number of carbonyl (C=O) groups excluding carboxylic acids is 2. The van der Waals surface area contributed by atoms with Gasteiger partial charge in [-0.25, -0.2) is 9.78 Å². The van der Waals surface area contributed by atoms with Gasteiger partial charge >= 0.3 is 6.09 Å². The number of nitrogens with one attached hydrogen (secondary N) is 1. The third kappa shape index (κ3) is 3.73. The number of carbonyl (C=O) groups is 2. The minimum atomic E-state index is -0.382. The van der Waals surface area contributed by atoms with Gasteiger partial charge in [0.05, 0.1) is 32.0 Å². The fourth-order valence-corrected chi connectivity index (χ4v) is 3.66. The minimum Gasteiger partial charge on any atom is -0.495 e. The van der Waals surface area contributed by atoms with Crippen molar-refractivity contribution >= 4 is 23.3 Å². The van der Waals surface area contributed by atoms with Crippen LogP contribution in [-0.4, -0.2) is 63.7 Å². The lowest BCUT2D eigenvalue weighted by atomic mass is 10.0. The topological polar surface area (TPSA) is 124 Å². The Labute approximate surface area is 187 Å². The van der Waals surface area contributed by atoms with Crippen molar-refractivity contribution in [2.24, 2.45) is 0 Å². The number of nitrogens with zero attached hydrogens (tertiary/aromatic N) is 5. The summed E-state index contributed by atoms with van der Waals surface area (Å²) in [6, 6.07) is 10.7. The Kier molecular flexibility index (Phi) is 5.13. The van der Waals surface area contributed by atoms with Crippen LogP contribution in [0.5, 0.6) is 5.75 Å². The summed E-state index contributed by atoms with van der Waals surface area (Å²) >= 11 is 0. The number of fused-ring (bicyclic) bond motifs is 1. The average molecular weight is 448 g/mol. The van der Waals surface area contributed by atoms with Crippen LogP contribution in [0.15, 0.2) is 53.3 Å². The van der Waals surface area contributed by atoms with Crippen molar-refractivity contribution in [2.75, 3.05) is 32.6 Å². The molecule has 4 heterocycles. The maximum absolute atomic E-state index is 12.9. The number of methoxy groups -OCH3 is 2. The summed E-state index contributed by atoms with van der Waals surface area (Å²) < 4.78 is 17.2. The van der Waals surface area contributed by atoms with Gasteiger partial charge in [-0.05, 0) is 30.3 Å². The van der Waals surface area contributed by atoms with E-state index >= 15 is 0 Å². The van der Waals surface area contributed by atoms with Crippen molar-refractivity contribution in [3.8, 4) is 17.1 Å². The van der Waals surface area contributed by atoms with E-state index in [1.807, 2.05) is 18.2 Å². The SMILES string of the molecule is COC(=O)N1CC(c2nc(-c3ccc(OC)c(NC(=O)c4cnc5ccccn45)c3)no2)C1. The van der Waals surface area contributed by atoms with E-state index in [1.54, 1.807) is 33.7 Å². The summed E-state index contributed by atoms with van der Waals surface area (Å²) in [6.45, 7) is 0.912. The summed E-state index contributed by atoms with van der Waals surface area (Å²) in [7, 11) is 2.87. The number of aromatic nitrogens is 4. The van der Waals surface area contributed by atoms with E-state index in [0.717, 1.165) is 0 Å². The van der Waals surface area contributed by atoms with Gasteiger partial charge in [-0.1, -0.05) is 11.2 Å². The van der Waals surface area contributed by atoms with Crippen molar-refractivity contribution in [2.45, 2.75) is 5.92 Å². The molecule has 1 fully saturated rings. The first-order valence-electron chi connectivity index (χ1n) is 10.2. The van der Waals surface area contributed by atoms with Gasteiger partial charge in [-0.3, -0.25) is 9.20 Å². The number of pyridine rings is 1. The zero-order chi connectivity index (χ0) is 22.9. The molecule has 0 saturated carbocycles. The standard InChI is InChI=1S/C22H20N6O5/c1-31-17-7-6-13(19-25-21(33-26-19)14-11-27(12-14)22(30)32-2)9-15(17)24-20(29)16-10-23-18-5-3-4-8-28(16)18/h3-10,14H,11-12H2,1-2H3,(H,24,29). The Morgan fingerprint density at radius 1 is 1.18 bits per heavy atom. The molecule has 0 spiro atoms. The number of imidazole rings is 1. The highest BCUT2D eigenvalue weighted by Gasteiger charge is 2.36. The number of likely N-dealkylation sites (tertiary alicyclic amines) is 1. The second-order valence-corrected chi connectivity index (χ2v) is 7.47. The molecule has 0 unspecified atom stereocenters. The molecule has 0 radical (unpaired) electrons. The van der Waals surface area contributed by atoms with Gasteiger partial charge in [0.1, 0.15) is 17.1 Å². The molecule has 0 bridgehead atoms. The van der Waals surface area contributed by atoms with E-state index < -0.39 is 0 Å². The van der Waals surface area contributed by atoms with Gasteiger partial charge in [0.25, 0.3) is 5.91 Å². The Morgan fingerprint density at radius 3 is 2.82 bits per heavy atom. The van der Waals surface area contributed by atoms with Crippen LogP contribution in [0, 0.1) is 0 Å². The Bertz CT molecular complexity index is 1340. The van der Waals surface area contributed by atoms with Gasteiger partial charge in [0, 0.05) is 24.8 Å². The highest BCUT2D eigenvalue weighted by molar-refractivity contribution is 6.04. The van der Waals surface area contributed by atoms with Crippen LogP contribution in [0.1, 0.15) is 22.3 Å². The molecule has 1 aliphatic rings. The Hall–Kier alpha value is -4.41. The van der Waals surface area contributed by atoms with Gasteiger partial charge in [0.15, 0.2) is 0 Å². The van der Waals surface area contributed by atoms with Gasteiger partial charge in [-0.15, -0.1) is 0 Å². The van der Waals surface area contributed by atoms with E-state index in [-0.39, 0.29) is 17.9 Å². The second-order valence-electron chi connectivity index (χ2n) is 7.47. The van der Waals surface area contributed by atoms with E-state index in [2.05, 4.69) is 20.4 Å². The van der Waals surface area contributed by atoms with E-state index in [0.29, 0.717) is 53.1 Å². The minimum absolute atomic E-state index is 0.0436. The van der Waals surface area contributed by atoms with Gasteiger partial charge < -0.3 is 24.2 Å². The highest BCUT2D eigenvalue weighted by atomic mass is 16.5. The van der Waals surface area contributed by atoms with Crippen molar-refractivity contribution in [3.05, 3.63) is 60.4 Å². The van der Waals surface area contributed by atoms with E-state index in [1.165, 1.54) is 20.4 Å². The molecule has 5 rings (SSSR count). The van der Waals surface area contributed by atoms with Crippen LogP contribution in [0.25, 0.3) is 17.0 Å². The molecule has 33 heavy (non-hydrogen) atoms. The molecule has 0 aliphatic carbocycles. The summed E-state index contributed by atoms with van der Waals surface area (Å²) in [6.07, 6.45) is 2.91. The number of hydrogen-bond donors (Lipinski definition) is 1. The largest absolute Gasteiger partial charge is 0.495 e. The quantitative estimate of drug-likeness (QED) is 0.494. The molecule has 1 N–H and O–H groups in total. The smallest absolute Gasteiger partial charge is 0.409 e. The molecule has 1 saturated heterocycles. The monoisotopic (exact) mass is 448 g/mol. The molecule has 11 nitrogen and oxygen atoms in total. The number of anilines is 1. The van der Waals surface area contributed by atoms with Crippen LogP contribution in [0.4, 0.5) is 10.5 Å². The summed E-state index contributed by atoms with van der Waals surface area (Å²) in [5, 5.41) is 6.93. The lowest BCUT2D eigenvalue weighted by molar-refractivity contribution is 0.0804. The number of amides is 2. The first-order valence-corrected chi connectivity index (χ1v) is 10.2.